The van der Waals surface area contributed by atoms with Crippen molar-refractivity contribution in [1.29, 1.82) is 0 Å². The average Bonchev–Trinajstić information content (AvgIpc) is 2.26. The van der Waals surface area contributed by atoms with Crippen molar-refractivity contribution in [1.82, 2.24) is 14.8 Å². The van der Waals surface area contributed by atoms with E-state index in [1.807, 2.05) is 0 Å². The summed E-state index contributed by atoms with van der Waals surface area (Å²) in [6.07, 6.45) is -4.76. The first-order valence-corrected chi connectivity index (χ1v) is 4.68. The van der Waals surface area contributed by atoms with Crippen LogP contribution in [0.4, 0.5) is 13.2 Å². The van der Waals surface area contributed by atoms with E-state index in [0.29, 0.717) is 0 Å². The van der Waals surface area contributed by atoms with Crippen molar-refractivity contribution in [2.24, 2.45) is 12.2 Å². The van der Waals surface area contributed by atoms with E-state index in [-0.39, 0.29) is 4.57 Å². The number of hydrogen-bond donors (Lipinski definition) is 1. The minimum atomic E-state index is -4.76. The number of sulfonamides is 1. The van der Waals surface area contributed by atoms with E-state index >= 15 is 0 Å². The second-order valence-electron chi connectivity index (χ2n) is 2.41. The first-order valence-electron chi connectivity index (χ1n) is 3.13. The van der Waals surface area contributed by atoms with Crippen LogP contribution in [0.25, 0.3) is 0 Å². The number of primary sulfonamides is 1. The molecule has 10 heteroatoms. The van der Waals surface area contributed by atoms with Crippen LogP contribution in [-0.4, -0.2) is 23.2 Å². The molecule has 0 saturated carbocycles. The van der Waals surface area contributed by atoms with Gasteiger partial charge in [-0.1, -0.05) is 0 Å². The summed E-state index contributed by atoms with van der Waals surface area (Å²) >= 11 is 0. The summed E-state index contributed by atoms with van der Waals surface area (Å²) in [5.74, 6) is -1.42. The fourth-order valence-corrected chi connectivity index (χ4v) is 1.43. The van der Waals surface area contributed by atoms with Crippen LogP contribution in [0.1, 0.15) is 5.82 Å². The maximum atomic E-state index is 12.1. The number of rotatable bonds is 1. The molecular formula is C4H5F3N4O2S. The standard InChI is InChI=1S/C4H5F3N4O2S/c1-11-2(4(5,6)7)9-10-3(11)14(8,12)13/h1H3,(H2,8,12,13). The Hall–Kier alpha value is -1.16. The molecule has 0 aliphatic carbocycles. The first-order chi connectivity index (χ1) is 6.14. The molecule has 1 heterocycles. The molecule has 2 N–H and O–H groups in total. The van der Waals surface area contributed by atoms with E-state index in [1.54, 1.807) is 0 Å². The van der Waals surface area contributed by atoms with Crippen LogP contribution < -0.4 is 5.14 Å². The third-order valence-electron chi connectivity index (χ3n) is 1.34. The Bertz CT molecular complexity index is 448. The normalized spacial score (nSPS) is 13.2. The second-order valence-corrected chi connectivity index (χ2v) is 3.86. The lowest BCUT2D eigenvalue weighted by molar-refractivity contribution is -0.147. The van der Waals surface area contributed by atoms with Crippen LogP contribution in [0, 0.1) is 0 Å². The second kappa shape index (κ2) is 2.92. The topological polar surface area (TPSA) is 90.9 Å². The highest BCUT2D eigenvalue weighted by Crippen LogP contribution is 2.27. The fraction of sp³-hybridized carbons (Fsp3) is 0.500. The molecule has 0 aromatic carbocycles. The molecule has 0 radical (unpaired) electrons. The molecule has 80 valence electrons. The summed E-state index contributed by atoms with van der Waals surface area (Å²) in [5, 5.41) is 9.19. The van der Waals surface area contributed by atoms with Crippen molar-refractivity contribution in [2.75, 3.05) is 0 Å². The maximum absolute atomic E-state index is 12.1. The molecule has 0 bridgehead atoms. The van der Waals surface area contributed by atoms with Gasteiger partial charge in [-0.2, -0.15) is 13.2 Å². The highest BCUT2D eigenvalue weighted by Gasteiger charge is 2.38. The lowest BCUT2D eigenvalue weighted by Gasteiger charge is -2.04. The zero-order chi connectivity index (χ0) is 11.1. The summed E-state index contributed by atoms with van der Waals surface area (Å²) in [5.41, 5.74) is 0. The van der Waals surface area contributed by atoms with Crippen LogP contribution in [-0.2, 0) is 23.2 Å². The molecule has 0 saturated heterocycles. The molecule has 1 aromatic heterocycles. The molecule has 0 aliphatic heterocycles. The predicted molar refractivity (Wildman–Crippen MR) is 37.4 cm³/mol. The molecule has 0 atom stereocenters. The number of nitrogens with zero attached hydrogens (tertiary/aromatic N) is 3. The summed E-state index contributed by atoms with van der Waals surface area (Å²) in [6.45, 7) is 0. The summed E-state index contributed by atoms with van der Waals surface area (Å²) in [6, 6.07) is 0. The van der Waals surface area contributed by atoms with Gasteiger partial charge in [-0.15, -0.1) is 10.2 Å². The van der Waals surface area contributed by atoms with Gasteiger partial charge in [0.15, 0.2) is 0 Å². The Morgan fingerprint density at radius 2 is 1.86 bits per heavy atom. The van der Waals surface area contributed by atoms with E-state index in [1.165, 1.54) is 0 Å². The zero-order valence-corrected chi connectivity index (χ0v) is 7.59. The van der Waals surface area contributed by atoms with Gasteiger partial charge < -0.3 is 0 Å². The van der Waals surface area contributed by atoms with Crippen LogP contribution in [0.2, 0.25) is 0 Å². The van der Waals surface area contributed by atoms with Crippen molar-refractivity contribution in [2.45, 2.75) is 11.3 Å². The molecule has 6 nitrogen and oxygen atoms in total. The van der Waals surface area contributed by atoms with Crippen molar-refractivity contribution >= 4 is 10.0 Å². The highest BCUT2D eigenvalue weighted by molar-refractivity contribution is 7.89. The quantitative estimate of drug-likeness (QED) is 0.702. The minimum absolute atomic E-state index is 0.273. The SMILES string of the molecule is Cn1c(C(F)(F)F)nnc1S(N)(=O)=O. The molecule has 0 aliphatic rings. The molecule has 1 aromatic rings. The van der Waals surface area contributed by atoms with Crippen molar-refractivity contribution in [3.8, 4) is 0 Å². The van der Waals surface area contributed by atoms with E-state index in [2.05, 4.69) is 15.3 Å². The molecule has 0 unspecified atom stereocenters. The molecular weight excluding hydrogens is 225 g/mol. The van der Waals surface area contributed by atoms with Crippen LogP contribution >= 0.6 is 0 Å². The Balaban J connectivity index is 3.37. The van der Waals surface area contributed by atoms with Gasteiger partial charge in [0.05, 0.1) is 0 Å². The third kappa shape index (κ3) is 1.85. The van der Waals surface area contributed by atoms with Gasteiger partial charge in [-0.3, -0.25) is 4.57 Å². The monoisotopic (exact) mass is 230 g/mol. The van der Waals surface area contributed by atoms with Gasteiger partial charge in [-0.05, 0) is 0 Å². The Kier molecular flexibility index (Phi) is 2.27. The third-order valence-corrected chi connectivity index (χ3v) is 2.21. The fourth-order valence-electron chi connectivity index (χ4n) is 0.810. The zero-order valence-electron chi connectivity index (χ0n) is 6.78. The Labute approximate surface area is 76.6 Å². The van der Waals surface area contributed by atoms with Crippen LogP contribution in [0.15, 0.2) is 5.16 Å². The van der Waals surface area contributed by atoms with Gasteiger partial charge in [0.25, 0.3) is 15.2 Å². The van der Waals surface area contributed by atoms with Crippen LogP contribution in [0.3, 0.4) is 0 Å². The number of nitrogens with two attached hydrogens (primary N) is 1. The lowest BCUT2D eigenvalue weighted by Crippen LogP contribution is -2.20. The number of alkyl halides is 3. The van der Waals surface area contributed by atoms with E-state index in [9.17, 15) is 21.6 Å². The average molecular weight is 230 g/mol. The highest BCUT2D eigenvalue weighted by atomic mass is 32.2. The molecule has 14 heavy (non-hydrogen) atoms. The predicted octanol–water partition coefficient (Wildman–Crippen LogP) is -0.519. The summed E-state index contributed by atoms with van der Waals surface area (Å²) in [7, 11) is -3.42. The molecule has 0 fully saturated rings. The maximum Gasteiger partial charge on any atom is 0.451 e. The lowest BCUT2D eigenvalue weighted by atomic mass is 10.6. The van der Waals surface area contributed by atoms with E-state index in [4.69, 9.17) is 0 Å². The van der Waals surface area contributed by atoms with Gasteiger partial charge in [-0.25, -0.2) is 13.6 Å². The molecule has 1 rings (SSSR count). The van der Waals surface area contributed by atoms with Gasteiger partial charge in [0.2, 0.25) is 5.82 Å². The smallest absolute Gasteiger partial charge is 0.296 e. The van der Waals surface area contributed by atoms with Crippen molar-refractivity contribution < 1.29 is 21.6 Å². The van der Waals surface area contributed by atoms with Crippen molar-refractivity contribution in [3.05, 3.63) is 5.82 Å². The first kappa shape index (κ1) is 10.9. The van der Waals surface area contributed by atoms with Gasteiger partial charge in [0, 0.05) is 7.05 Å². The molecule has 0 spiro atoms. The van der Waals surface area contributed by atoms with Gasteiger partial charge in [0.1, 0.15) is 0 Å². The van der Waals surface area contributed by atoms with E-state index in [0.717, 1.165) is 7.05 Å². The van der Waals surface area contributed by atoms with Crippen LogP contribution in [0.5, 0.6) is 0 Å². The summed E-state index contributed by atoms with van der Waals surface area (Å²) < 4.78 is 57.9. The largest absolute Gasteiger partial charge is 0.451 e. The molecule has 0 amide bonds. The van der Waals surface area contributed by atoms with Gasteiger partial charge >= 0.3 is 6.18 Å². The number of hydrogen-bond acceptors (Lipinski definition) is 4. The van der Waals surface area contributed by atoms with E-state index < -0.39 is 27.2 Å². The summed E-state index contributed by atoms with van der Waals surface area (Å²) in [4.78, 5) is 0. The Morgan fingerprint density at radius 1 is 1.36 bits per heavy atom. The minimum Gasteiger partial charge on any atom is -0.296 e. The van der Waals surface area contributed by atoms with Crippen molar-refractivity contribution in [3.63, 3.8) is 0 Å². The number of aromatic nitrogens is 3. The number of halogens is 3. The Morgan fingerprint density at radius 3 is 2.07 bits per heavy atom.